The standard InChI is InChI=1S/C14H19N9O6.C14H18N8O7.C12H15N9O6.C12H14N8O7.C11H12N8O6/c1-28-11(24)3-7-20-13(26)22(18-16-20)9-5-15-6-10-23-14(27)21(17-19-23)8-4-12(25)29-2;1-27-11(23)3-5-19-13(25)21(17-15-19)7-9-29-10-8-22-14(26)20(16-18-22)6-4-12(24)28-2;1-26-9(22)3-5-18-11(24)20(16-14-18)7-13-8-21-12(25)19(15-17-21)6-4-10(23)27-2;1-25-9(21)3-5-17-11(23)19(15-13-17)7-27-8-20-12(24)18(14-16-20)6-4-10(22)26-2;1-24-8(20)3-5-16-10(22)18(14-12-16)7-19-11(23)17(13-15-19)6-4-9(21)25-2/h3-4,7-8,15H,5-6,9-10H2,1-2H3;3-6H,7-10H2,1-2H3;3-6,13H,7-8H2,1-2H3;3-6H,7-8H2,1-2H3;3-6H,7H2,1-2H3/b7-3+,8-4+;4*5-3+,6-4+. The molecule has 0 spiro atoms. The quantitative estimate of drug-likeness (QED) is 0.0155. The Morgan fingerprint density at radius 1 is 0.212 bits per heavy atom. The number of hydrogen-bond donors (Lipinski definition) is 2. The summed E-state index contributed by atoms with van der Waals surface area (Å²) >= 11 is 0. The van der Waals surface area contributed by atoms with Gasteiger partial charge in [0, 0.05) is 136 Å². The minimum Gasteiger partial charge on any atom is -0.466 e. The van der Waals surface area contributed by atoms with Crippen LogP contribution >= 0.6 is 0 Å². The lowest BCUT2D eigenvalue weighted by Gasteiger charge is -2.02. The maximum atomic E-state index is 12.0. The summed E-state index contributed by atoms with van der Waals surface area (Å²) in [5.41, 5.74) is -6.26. The van der Waals surface area contributed by atoms with Crippen molar-refractivity contribution in [2.75, 3.05) is 97.4 Å². The van der Waals surface area contributed by atoms with Crippen molar-refractivity contribution in [3.8, 4) is 0 Å². The van der Waals surface area contributed by atoms with Crippen LogP contribution in [-0.2, 0) is 164 Å². The maximum absolute atomic E-state index is 12.0. The second kappa shape index (κ2) is 55.5. The van der Waals surface area contributed by atoms with Crippen LogP contribution in [0.3, 0.4) is 0 Å². The summed E-state index contributed by atoms with van der Waals surface area (Å²) in [5.74, 6) is -6.53. The van der Waals surface area contributed by atoms with Gasteiger partial charge in [0.1, 0.15) is 20.1 Å². The Morgan fingerprint density at radius 2 is 0.380 bits per heavy atom. The van der Waals surface area contributed by atoms with Gasteiger partial charge in [-0.15, -0.1) is 0 Å². The van der Waals surface area contributed by atoms with E-state index in [-0.39, 0.29) is 72.9 Å². The van der Waals surface area contributed by atoms with Gasteiger partial charge in [0.25, 0.3) is 0 Å². The summed E-state index contributed by atoms with van der Waals surface area (Å²) in [6, 6.07) is 0. The van der Waals surface area contributed by atoms with Crippen molar-refractivity contribution in [1.82, 2.24) is 209 Å². The molecule has 74 nitrogen and oxygen atoms in total. The highest BCUT2D eigenvalue weighted by molar-refractivity contribution is 5.88. The average Bonchev–Trinajstić information content (AvgIpc) is 1.68. The van der Waals surface area contributed by atoms with E-state index < -0.39 is 117 Å². The fourth-order valence-corrected chi connectivity index (χ4v) is 8.39. The van der Waals surface area contributed by atoms with E-state index >= 15 is 0 Å². The molecule has 0 aliphatic heterocycles. The SMILES string of the molecule is COC(=O)/C=C/n1nnn(CCNCCn2nnn(/C=C/C(=O)OC)c2=O)c1=O.COC(=O)/C=C/n1nnn(CCOCCn2nnn(/C=C/C(=O)OC)c2=O)c1=O.COC(=O)/C=C/n1nnn(CNCn2nnn(/C=C/C(=O)OC)c2=O)c1=O.COC(=O)/C=C/n1nnn(COCn2nnn(/C=C/C(=O)OC)c2=O)c1=O.COC(=O)/C=C/n1nnn(Cn2nnn(/C=C/C(=O)OC)c2=O)c1=O. The highest BCUT2D eigenvalue weighted by Gasteiger charge is 2.17. The highest BCUT2D eigenvalue weighted by atomic mass is 16.6. The van der Waals surface area contributed by atoms with Gasteiger partial charge >= 0.3 is 117 Å². The van der Waals surface area contributed by atoms with Crippen LogP contribution in [0.25, 0.3) is 62.0 Å². The van der Waals surface area contributed by atoms with Crippen LogP contribution in [0.15, 0.2) is 109 Å². The van der Waals surface area contributed by atoms with Gasteiger partial charge < -0.3 is 62.2 Å². The van der Waals surface area contributed by atoms with Crippen molar-refractivity contribution in [2.45, 2.75) is 59.6 Å². The second-order valence-electron chi connectivity index (χ2n) is 23.9. The highest BCUT2D eigenvalue weighted by Crippen LogP contribution is 1.94. The summed E-state index contributed by atoms with van der Waals surface area (Å²) in [6.07, 6.45) is 21.1. The molecule has 0 radical (unpaired) electrons. The summed E-state index contributed by atoms with van der Waals surface area (Å²) in [4.78, 5) is 230. The maximum Gasteiger partial charge on any atom is 0.370 e. The van der Waals surface area contributed by atoms with Crippen molar-refractivity contribution in [3.05, 3.63) is 166 Å². The number of methoxy groups -OCH3 is 10. The lowest BCUT2D eigenvalue weighted by molar-refractivity contribution is -0.135. The Hall–Kier alpha value is -19.4. The number of esters is 10. The van der Waals surface area contributed by atoms with Crippen LogP contribution in [0.2, 0.25) is 0 Å². The van der Waals surface area contributed by atoms with Gasteiger partial charge in [-0.2, -0.15) is 93.6 Å². The minimum absolute atomic E-state index is 0.0950. The summed E-state index contributed by atoms with van der Waals surface area (Å²) < 4.78 is 72.3. The predicted octanol–water partition coefficient (Wildman–Crippen LogP) is -15.2. The molecule has 0 saturated carbocycles. The molecule has 10 rings (SSSR count). The Morgan fingerprint density at radius 3 is 0.591 bits per heavy atom. The summed E-state index contributed by atoms with van der Waals surface area (Å²) in [6.45, 7) is 0.347. The van der Waals surface area contributed by atoms with Crippen molar-refractivity contribution >= 4 is 122 Å². The number of nitrogens with one attached hydrogen (secondary N) is 2. The van der Waals surface area contributed by atoms with Gasteiger partial charge in [-0.25, -0.2) is 95.9 Å². The molecule has 0 fully saturated rings. The van der Waals surface area contributed by atoms with E-state index in [4.69, 9.17) is 9.47 Å². The Bertz CT molecular complexity index is 6060. The van der Waals surface area contributed by atoms with E-state index in [9.17, 15) is 95.9 Å². The molecule has 10 aromatic heterocycles. The zero-order chi connectivity index (χ0) is 100. The van der Waals surface area contributed by atoms with Gasteiger partial charge in [0.15, 0.2) is 0 Å². The van der Waals surface area contributed by atoms with Crippen molar-refractivity contribution in [2.24, 2.45) is 0 Å². The topological polar surface area (TPSA) is 833 Å². The first-order valence-electron chi connectivity index (χ1n) is 37.2. The molecule has 137 heavy (non-hydrogen) atoms. The monoisotopic (exact) mass is 1930 g/mol. The first-order chi connectivity index (χ1) is 65.8. The van der Waals surface area contributed by atoms with Crippen LogP contribution < -0.4 is 67.5 Å². The van der Waals surface area contributed by atoms with Crippen molar-refractivity contribution in [3.63, 3.8) is 0 Å². The summed E-state index contributed by atoms with van der Waals surface area (Å²) in [5, 5.41) is 77.2. The smallest absolute Gasteiger partial charge is 0.370 e. The average molecular weight is 1940 g/mol. The van der Waals surface area contributed by atoms with Crippen LogP contribution in [0, 0.1) is 0 Å². The largest absolute Gasteiger partial charge is 0.466 e. The molecule has 74 heteroatoms. The molecule has 0 bridgehead atoms. The van der Waals surface area contributed by atoms with Gasteiger partial charge in [0.2, 0.25) is 0 Å². The Balaban J connectivity index is 0.000000263. The van der Waals surface area contributed by atoms with Crippen molar-refractivity contribution in [1.29, 1.82) is 0 Å². The summed E-state index contributed by atoms with van der Waals surface area (Å²) in [7, 11) is 11.9. The molecule has 0 unspecified atom stereocenters. The molecule has 0 aliphatic rings. The zero-order valence-corrected chi connectivity index (χ0v) is 72.7. The van der Waals surface area contributed by atoms with Gasteiger partial charge in [0.05, 0.1) is 124 Å². The van der Waals surface area contributed by atoms with E-state index in [1.165, 1.54) is 71.1 Å². The fraction of sp³-hybridized carbons (Fsp3) is 0.365. The van der Waals surface area contributed by atoms with Gasteiger partial charge in [-0.05, 0) is 104 Å². The van der Waals surface area contributed by atoms with E-state index in [0.717, 1.165) is 216 Å². The molecule has 0 saturated heterocycles. The zero-order valence-electron chi connectivity index (χ0n) is 72.7. The first-order valence-corrected chi connectivity index (χ1v) is 37.2. The third-order valence-corrected chi connectivity index (χ3v) is 15.3. The third kappa shape index (κ3) is 33.9. The molecule has 732 valence electrons. The van der Waals surface area contributed by atoms with E-state index in [1.54, 1.807) is 0 Å². The molecule has 0 aromatic carbocycles. The molecular weight excluding hydrogens is 1860 g/mol. The molecule has 10 aromatic rings. The molecule has 2 N–H and O–H groups in total. The first kappa shape index (κ1) is 106. The number of hydrogen-bond acceptors (Lipinski definition) is 54. The van der Waals surface area contributed by atoms with Crippen LogP contribution in [-0.4, -0.2) is 355 Å². The van der Waals surface area contributed by atoms with E-state index in [2.05, 4.69) is 162 Å². The van der Waals surface area contributed by atoms with Gasteiger partial charge in [-0.1, -0.05) is 0 Å². The molecule has 10 heterocycles. The number of nitrogens with zero attached hydrogens (tertiary/aromatic N) is 40. The molecule has 0 atom stereocenters. The Labute approximate surface area is 755 Å². The Kier molecular flexibility index (Phi) is 43.1. The fourth-order valence-electron chi connectivity index (χ4n) is 8.39. The lowest BCUT2D eigenvalue weighted by atomic mass is 10.5. The number of ether oxygens (including phenoxy) is 12. The number of carbonyl (C=O) groups excluding carboxylic acids is 10. The van der Waals surface area contributed by atoms with E-state index in [0.29, 0.717) is 13.1 Å². The number of carbonyl (C=O) groups is 10. The third-order valence-electron chi connectivity index (χ3n) is 15.3. The predicted molar refractivity (Wildman–Crippen MR) is 440 cm³/mol. The van der Waals surface area contributed by atoms with Gasteiger partial charge in [-0.3, -0.25) is 5.32 Å². The van der Waals surface area contributed by atoms with Crippen LogP contribution in [0.1, 0.15) is 0 Å². The molecular formula is C63H78N42O32. The second-order valence-corrected chi connectivity index (χ2v) is 23.9. The van der Waals surface area contributed by atoms with Crippen molar-refractivity contribution < 1.29 is 105 Å². The number of aromatic nitrogens is 40. The van der Waals surface area contributed by atoms with Crippen LogP contribution in [0.5, 0.6) is 0 Å². The number of tetrazole rings is 10. The lowest BCUT2D eigenvalue weighted by Crippen LogP contribution is -2.34. The van der Waals surface area contributed by atoms with Crippen LogP contribution in [0.4, 0.5) is 0 Å². The molecule has 0 amide bonds. The normalized spacial score (nSPS) is 11.3. The molecule has 0 aliphatic carbocycles. The van der Waals surface area contributed by atoms with E-state index in [1.807, 2.05) is 0 Å². The minimum atomic E-state index is -0.730. The number of rotatable bonds is 42.